The Bertz CT molecular complexity index is 522. The van der Waals surface area contributed by atoms with Crippen LogP contribution in [0.4, 0.5) is 10.1 Å². The van der Waals surface area contributed by atoms with E-state index in [9.17, 15) is 9.18 Å². The Kier molecular flexibility index (Phi) is 2.68. The zero-order valence-corrected chi connectivity index (χ0v) is 8.53. The average Bonchev–Trinajstić information content (AvgIpc) is 2.64. The van der Waals surface area contributed by atoms with Crippen molar-refractivity contribution in [2.75, 3.05) is 5.32 Å². The summed E-state index contributed by atoms with van der Waals surface area (Å²) in [6, 6.07) is 5.64. The second-order valence-corrected chi connectivity index (χ2v) is 3.22. The van der Waals surface area contributed by atoms with Gasteiger partial charge in [0.25, 0.3) is 5.91 Å². The molecule has 82 valence electrons. The number of carbonyl (C=O) groups excluding carboxylic acids is 1. The van der Waals surface area contributed by atoms with Crippen LogP contribution in [0.3, 0.4) is 0 Å². The van der Waals surface area contributed by atoms with E-state index in [4.69, 9.17) is 4.42 Å². The van der Waals surface area contributed by atoms with Crippen LogP contribution in [0.25, 0.3) is 0 Å². The van der Waals surface area contributed by atoms with Crippen LogP contribution in [-0.2, 0) is 0 Å². The summed E-state index contributed by atoms with van der Waals surface area (Å²) in [4.78, 5) is 15.4. The Morgan fingerprint density at radius 3 is 2.94 bits per heavy atom. The van der Waals surface area contributed by atoms with Crippen LogP contribution in [0, 0.1) is 12.7 Å². The van der Waals surface area contributed by atoms with Crippen molar-refractivity contribution in [2.45, 2.75) is 6.92 Å². The van der Waals surface area contributed by atoms with E-state index in [2.05, 4.69) is 10.3 Å². The highest BCUT2D eigenvalue weighted by molar-refractivity contribution is 6.03. The molecule has 0 spiro atoms. The molecule has 5 heteroatoms. The van der Waals surface area contributed by atoms with Gasteiger partial charge >= 0.3 is 0 Å². The van der Waals surface area contributed by atoms with Gasteiger partial charge in [-0.05, 0) is 25.1 Å². The van der Waals surface area contributed by atoms with Crippen LogP contribution in [0.15, 0.2) is 35.1 Å². The van der Waals surface area contributed by atoms with Gasteiger partial charge in [-0.25, -0.2) is 9.37 Å². The lowest BCUT2D eigenvalue weighted by Crippen LogP contribution is -2.13. The molecule has 0 fully saturated rings. The normalized spacial score (nSPS) is 10.1. The van der Waals surface area contributed by atoms with Gasteiger partial charge in [0.05, 0.1) is 0 Å². The first-order chi connectivity index (χ1) is 7.66. The van der Waals surface area contributed by atoms with Crippen LogP contribution in [0.5, 0.6) is 0 Å². The van der Waals surface area contributed by atoms with Crippen molar-refractivity contribution in [3.63, 3.8) is 0 Å². The van der Waals surface area contributed by atoms with Crippen LogP contribution < -0.4 is 5.32 Å². The number of rotatable bonds is 2. The molecule has 2 aromatic rings. The van der Waals surface area contributed by atoms with Crippen molar-refractivity contribution in [2.24, 2.45) is 0 Å². The maximum absolute atomic E-state index is 12.9. The van der Waals surface area contributed by atoms with E-state index in [1.54, 1.807) is 13.0 Å². The summed E-state index contributed by atoms with van der Waals surface area (Å²) >= 11 is 0. The first-order valence-electron chi connectivity index (χ1n) is 4.64. The summed E-state index contributed by atoms with van der Waals surface area (Å²) in [6.07, 6.45) is 1.19. The molecule has 0 bridgehead atoms. The minimum atomic E-state index is -0.420. The maximum atomic E-state index is 12.9. The highest BCUT2D eigenvalue weighted by Gasteiger charge is 2.13. The Morgan fingerprint density at radius 2 is 2.31 bits per heavy atom. The van der Waals surface area contributed by atoms with Gasteiger partial charge < -0.3 is 9.73 Å². The summed E-state index contributed by atoms with van der Waals surface area (Å²) in [5, 5.41) is 2.52. The predicted octanol–water partition coefficient (Wildman–Crippen LogP) is 2.37. The molecule has 0 atom stereocenters. The molecule has 16 heavy (non-hydrogen) atoms. The molecule has 0 aliphatic rings. The molecule has 4 nitrogen and oxygen atoms in total. The summed E-state index contributed by atoms with van der Waals surface area (Å²) in [7, 11) is 0. The van der Waals surface area contributed by atoms with Crippen molar-refractivity contribution >= 4 is 11.6 Å². The van der Waals surface area contributed by atoms with Crippen LogP contribution in [0.1, 0.15) is 16.2 Å². The third kappa shape index (κ3) is 2.08. The Hall–Kier alpha value is -2.17. The third-order valence-corrected chi connectivity index (χ3v) is 2.04. The molecule has 1 amide bonds. The van der Waals surface area contributed by atoms with Crippen LogP contribution >= 0.6 is 0 Å². The third-order valence-electron chi connectivity index (χ3n) is 2.04. The Balaban J connectivity index is 2.17. The van der Waals surface area contributed by atoms with Gasteiger partial charge in [0, 0.05) is 5.69 Å². The van der Waals surface area contributed by atoms with Crippen molar-refractivity contribution in [3.8, 4) is 0 Å². The first-order valence-corrected chi connectivity index (χ1v) is 4.64. The topological polar surface area (TPSA) is 55.1 Å². The van der Waals surface area contributed by atoms with E-state index in [0.717, 1.165) is 0 Å². The van der Waals surface area contributed by atoms with Gasteiger partial charge in [-0.1, -0.05) is 6.07 Å². The standard InChI is InChI=1S/C11H9FN2O2/c1-7-10(13-6-16-7)11(15)14-9-4-2-3-8(12)5-9/h2-6H,1H3,(H,14,15). The largest absolute Gasteiger partial charge is 0.448 e. The number of nitrogens with one attached hydrogen (secondary N) is 1. The van der Waals surface area contributed by atoms with E-state index in [0.29, 0.717) is 11.4 Å². The van der Waals surface area contributed by atoms with E-state index in [-0.39, 0.29) is 5.69 Å². The Labute approximate surface area is 91.1 Å². The molecule has 0 radical (unpaired) electrons. The quantitative estimate of drug-likeness (QED) is 0.845. The molecule has 1 heterocycles. The Morgan fingerprint density at radius 1 is 1.50 bits per heavy atom. The van der Waals surface area contributed by atoms with E-state index >= 15 is 0 Å². The van der Waals surface area contributed by atoms with Gasteiger partial charge in [0.2, 0.25) is 0 Å². The average molecular weight is 220 g/mol. The number of carbonyl (C=O) groups is 1. The van der Waals surface area contributed by atoms with Crippen LogP contribution in [-0.4, -0.2) is 10.9 Å². The first kappa shape index (κ1) is 10.4. The number of aromatic nitrogens is 1. The number of nitrogens with zero attached hydrogens (tertiary/aromatic N) is 1. The highest BCUT2D eigenvalue weighted by Crippen LogP contribution is 2.12. The molecule has 0 unspecified atom stereocenters. The fourth-order valence-electron chi connectivity index (χ4n) is 1.28. The second-order valence-electron chi connectivity index (χ2n) is 3.22. The molecule has 2 rings (SSSR count). The lowest BCUT2D eigenvalue weighted by atomic mass is 10.3. The van der Waals surface area contributed by atoms with E-state index in [1.807, 2.05) is 0 Å². The summed E-state index contributed by atoms with van der Waals surface area (Å²) < 4.78 is 17.8. The zero-order chi connectivity index (χ0) is 11.5. The molecule has 0 saturated heterocycles. The smallest absolute Gasteiger partial charge is 0.277 e. The maximum Gasteiger partial charge on any atom is 0.277 e. The number of hydrogen-bond acceptors (Lipinski definition) is 3. The molecule has 1 aromatic carbocycles. The van der Waals surface area contributed by atoms with Gasteiger partial charge in [-0.3, -0.25) is 4.79 Å². The molecular formula is C11H9FN2O2. The molecular weight excluding hydrogens is 211 g/mol. The number of amides is 1. The number of aryl methyl sites for hydroxylation is 1. The predicted molar refractivity (Wildman–Crippen MR) is 55.6 cm³/mol. The molecule has 0 aliphatic heterocycles. The number of oxazole rings is 1. The van der Waals surface area contributed by atoms with E-state index in [1.165, 1.54) is 24.6 Å². The van der Waals surface area contributed by atoms with Crippen molar-refractivity contribution in [1.29, 1.82) is 0 Å². The van der Waals surface area contributed by atoms with Gasteiger partial charge in [-0.2, -0.15) is 0 Å². The van der Waals surface area contributed by atoms with Crippen molar-refractivity contribution in [3.05, 3.63) is 47.9 Å². The SMILES string of the molecule is Cc1ocnc1C(=O)Nc1cccc(F)c1. The van der Waals surface area contributed by atoms with Crippen molar-refractivity contribution in [1.82, 2.24) is 4.98 Å². The second kappa shape index (κ2) is 4.14. The van der Waals surface area contributed by atoms with Gasteiger partial charge in [0.15, 0.2) is 12.1 Å². The monoisotopic (exact) mass is 220 g/mol. The van der Waals surface area contributed by atoms with Gasteiger partial charge in [0.1, 0.15) is 11.6 Å². The fraction of sp³-hybridized carbons (Fsp3) is 0.0909. The summed E-state index contributed by atoms with van der Waals surface area (Å²) in [5.74, 6) is -0.402. The molecule has 1 aromatic heterocycles. The lowest BCUT2D eigenvalue weighted by molar-refractivity contribution is 0.102. The minimum absolute atomic E-state index is 0.198. The number of halogens is 1. The number of anilines is 1. The minimum Gasteiger partial charge on any atom is -0.448 e. The highest BCUT2D eigenvalue weighted by atomic mass is 19.1. The molecule has 0 aliphatic carbocycles. The van der Waals surface area contributed by atoms with Crippen LogP contribution in [0.2, 0.25) is 0 Å². The van der Waals surface area contributed by atoms with E-state index < -0.39 is 11.7 Å². The summed E-state index contributed by atoms with van der Waals surface area (Å²) in [6.45, 7) is 1.63. The fourth-order valence-corrected chi connectivity index (χ4v) is 1.28. The summed E-state index contributed by atoms with van der Waals surface area (Å²) in [5.41, 5.74) is 0.580. The lowest BCUT2D eigenvalue weighted by Gasteiger charge is -2.02. The molecule has 0 saturated carbocycles. The number of hydrogen-bond donors (Lipinski definition) is 1. The molecule has 1 N–H and O–H groups in total. The zero-order valence-electron chi connectivity index (χ0n) is 8.53. The number of benzene rings is 1. The van der Waals surface area contributed by atoms with Gasteiger partial charge in [-0.15, -0.1) is 0 Å². The van der Waals surface area contributed by atoms with Crippen molar-refractivity contribution < 1.29 is 13.6 Å².